The molecule has 0 saturated carbocycles. The minimum Gasteiger partial charge on any atom is -0.470 e. The number of hydrogen-bond acceptors (Lipinski definition) is 5. The molecular formula is C26H28ClN5O. The molecular weight excluding hydrogens is 434 g/mol. The van der Waals surface area contributed by atoms with E-state index in [9.17, 15) is 0 Å². The molecule has 1 atom stereocenters. The van der Waals surface area contributed by atoms with Gasteiger partial charge in [0.1, 0.15) is 6.10 Å². The molecule has 1 unspecified atom stereocenters. The lowest BCUT2D eigenvalue weighted by atomic mass is 10.1. The number of halogens is 1. The molecule has 7 heteroatoms. The van der Waals surface area contributed by atoms with Crippen molar-refractivity contribution < 1.29 is 4.74 Å². The largest absolute Gasteiger partial charge is 0.470 e. The summed E-state index contributed by atoms with van der Waals surface area (Å²) >= 11 is 6.19. The number of hydrogen-bond donors (Lipinski definition) is 2. The van der Waals surface area contributed by atoms with E-state index in [4.69, 9.17) is 16.3 Å². The van der Waals surface area contributed by atoms with Crippen LogP contribution in [-0.2, 0) is 13.5 Å². The minimum absolute atomic E-state index is 0.0421. The van der Waals surface area contributed by atoms with E-state index < -0.39 is 0 Å². The Bertz CT molecular complexity index is 1120. The SMILES string of the molecule is Cn1cc(-c2cnc3c(c2)NCC(CNCCc2ccccc2Cl)O3)cn1.c1ccccc1. The molecule has 33 heavy (non-hydrogen) atoms. The van der Waals surface area contributed by atoms with Gasteiger partial charge in [0.15, 0.2) is 0 Å². The molecule has 1 aliphatic rings. The van der Waals surface area contributed by atoms with Crippen molar-refractivity contribution in [2.24, 2.45) is 7.05 Å². The van der Waals surface area contributed by atoms with E-state index in [-0.39, 0.29) is 6.10 Å². The first kappa shape index (κ1) is 22.8. The van der Waals surface area contributed by atoms with Crippen LogP contribution in [0.2, 0.25) is 5.02 Å². The standard InChI is InChI=1S/C20H22ClN5O.C6H6/c1-26-13-16(10-25-26)15-8-19-20(24-9-15)27-17(12-23-19)11-22-7-6-14-4-2-3-5-18(14)21;1-2-4-6-5-3-1/h2-5,8-10,13,17,22-23H,6-7,11-12H2,1H3;1-6H. The van der Waals surface area contributed by atoms with Crippen molar-refractivity contribution in [3.05, 3.63) is 95.9 Å². The molecule has 4 aromatic rings. The van der Waals surface area contributed by atoms with Gasteiger partial charge in [-0.25, -0.2) is 4.98 Å². The Morgan fingerprint density at radius 2 is 1.82 bits per heavy atom. The van der Waals surface area contributed by atoms with Crippen LogP contribution in [0.25, 0.3) is 11.1 Å². The van der Waals surface area contributed by atoms with Gasteiger partial charge in [0, 0.05) is 42.1 Å². The zero-order valence-electron chi connectivity index (χ0n) is 18.6. The summed E-state index contributed by atoms with van der Waals surface area (Å²) in [5, 5.41) is 11.9. The average molecular weight is 462 g/mol. The van der Waals surface area contributed by atoms with Gasteiger partial charge < -0.3 is 15.4 Å². The monoisotopic (exact) mass is 461 g/mol. The summed E-state index contributed by atoms with van der Waals surface area (Å²) in [5.41, 5.74) is 4.14. The second-order valence-corrected chi connectivity index (χ2v) is 8.21. The van der Waals surface area contributed by atoms with Crippen molar-refractivity contribution in [2.45, 2.75) is 12.5 Å². The van der Waals surface area contributed by atoms with Gasteiger partial charge in [0.25, 0.3) is 0 Å². The number of nitrogens with one attached hydrogen (secondary N) is 2. The number of aryl methyl sites for hydroxylation is 1. The van der Waals surface area contributed by atoms with Crippen LogP contribution in [0.5, 0.6) is 5.88 Å². The highest BCUT2D eigenvalue weighted by molar-refractivity contribution is 6.31. The van der Waals surface area contributed by atoms with Crippen molar-refractivity contribution in [1.29, 1.82) is 0 Å². The molecule has 0 amide bonds. The number of anilines is 1. The second-order valence-electron chi connectivity index (χ2n) is 7.80. The smallest absolute Gasteiger partial charge is 0.237 e. The first-order chi connectivity index (χ1) is 16.2. The third-order valence-corrected chi connectivity index (χ3v) is 5.62. The molecule has 6 nitrogen and oxygen atoms in total. The number of fused-ring (bicyclic) bond motifs is 1. The molecule has 1 aliphatic heterocycles. The van der Waals surface area contributed by atoms with E-state index >= 15 is 0 Å². The summed E-state index contributed by atoms with van der Waals surface area (Å²) in [6.07, 6.45) is 6.56. The fourth-order valence-electron chi connectivity index (χ4n) is 3.51. The molecule has 5 rings (SSSR count). The van der Waals surface area contributed by atoms with Crippen LogP contribution in [0.1, 0.15) is 5.56 Å². The minimum atomic E-state index is 0.0421. The van der Waals surface area contributed by atoms with E-state index in [0.717, 1.165) is 53.5 Å². The molecule has 2 aromatic carbocycles. The topological polar surface area (TPSA) is 64.0 Å². The average Bonchev–Trinajstić information content (AvgIpc) is 3.30. The Morgan fingerprint density at radius 3 is 2.52 bits per heavy atom. The van der Waals surface area contributed by atoms with Gasteiger partial charge in [0.2, 0.25) is 5.88 Å². The summed E-state index contributed by atoms with van der Waals surface area (Å²) in [7, 11) is 1.90. The normalized spacial score (nSPS) is 14.3. The van der Waals surface area contributed by atoms with E-state index in [1.165, 1.54) is 0 Å². The summed E-state index contributed by atoms with van der Waals surface area (Å²) in [6.45, 7) is 2.34. The highest BCUT2D eigenvalue weighted by Gasteiger charge is 2.20. The van der Waals surface area contributed by atoms with Crippen LogP contribution in [0.15, 0.2) is 85.3 Å². The lowest BCUT2D eigenvalue weighted by Crippen LogP contribution is -2.40. The zero-order chi connectivity index (χ0) is 22.9. The number of nitrogens with zero attached hydrogens (tertiary/aromatic N) is 3. The van der Waals surface area contributed by atoms with Gasteiger partial charge in [-0.3, -0.25) is 4.68 Å². The molecule has 0 spiro atoms. The van der Waals surface area contributed by atoms with Crippen molar-refractivity contribution in [3.63, 3.8) is 0 Å². The molecule has 0 saturated heterocycles. The van der Waals surface area contributed by atoms with E-state index in [2.05, 4.69) is 32.8 Å². The maximum atomic E-state index is 6.19. The number of pyridine rings is 1. The van der Waals surface area contributed by atoms with Crippen LogP contribution < -0.4 is 15.4 Å². The number of rotatable bonds is 6. The molecule has 0 bridgehead atoms. The molecule has 2 aromatic heterocycles. The van der Waals surface area contributed by atoms with Crippen LogP contribution in [0.4, 0.5) is 5.69 Å². The highest BCUT2D eigenvalue weighted by Crippen LogP contribution is 2.31. The lowest BCUT2D eigenvalue weighted by molar-refractivity contribution is 0.194. The highest BCUT2D eigenvalue weighted by atomic mass is 35.5. The first-order valence-corrected chi connectivity index (χ1v) is 11.4. The summed E-state index contributed by atoms with van der Waals surface area (Å²) < 4.78 is 7.80. The maximum Gasteiger partial charge on any atom is 0.237 e. The van der Waals surface area contributed by atoms with Crippen LogP contribution in [0.3, 0.4) is 0 Å². The fraction of sp³-hybridized carbons (Fsp3) is 0.231. The van der Waals surface area contributed by atoms with Crippen molar-refractivity contribution in [3.8, 4) is 17.0 Å². The predicted molar refractivity (Wildman–Crippen MR) is 134 cm³/mol. The Kier molecular flexibility index (Phi) is 7.95. The number of ether oxygens (including phenoxy) is 1. The van der Waals surface area contributed by atoms with Crippen LogP contribution >= 0.6 is 11.6 Å². The lowest BCUT2D eigenvalue weighted by Gasteiger charge is -2.27. The van der Waals surface area contributed by atoms with Gasteiger partial charge >= 0.3 is 0 Å². The molecule has 3 heterocycles. The van der Waals surface area contributed by atoms with Crippen LogP contribution in [-0.4, -0.2) is 40.5 Å². The second kappa shape index (κ2) is 11.5. The Morgan fingerprint density at radius 1 is 1.06 bits per heavy atom. The third kappa shape index (κ3) is 6.57. The Balaban J connectivity index is 0.000000376. The number of benzene rings is 2. The van der Waals surface area contributed by atoms with E-state index in [0.29, 0.717) is 5.88 Å². The molecule has 0 radical (unpaired) electrons. The van der Waals surface area contributed by atoms with E-state index in [1.807, 2.05) is 80.2 Å². The first-order valence-electron chi connectivity index (χ1n) is 11.0. The van der Waals surface area contributed by atoms with Crippen molar-refractivity contribution in [2.75, 3.05) is 25.0 Å². The molecule has 2 N–H and O–H groups in total. The number of aromatic nitrogens is 3. The van der Waals surface area contributed by atoms with Crippen molar-refractivity contribution >= 4 is 17.3 Å². The molecule has 0 aliphatic carbocycles. The third-order valence-electron chi connectivity index (χ3n) is 5.26. The van der Waals surface area contributed by atoms with Gasteiger partial charge in [-0.2, -0.15) is 5.10 Å². The summed E-state index contributed by atoms with van der Waals surface area (Å²) in [6, 6.07) is 22.0. The summed E-state index contributed by atoms with van der Waals surface area (Å²) in [5.74, 6) is 0.645. The predicted octanol–water partition coefficient (Wildman–Crippen LogP) is 4.83. The van der Waals surface area contributed by atoms with Crippen LogP contribution in [0, 0.1) is 0 Å². The van der Waals surface area contributed by atoms with Gasteiger partial charge in [-0.1, -0.05) is 66.2 Å². The van der Waals surface area contributed by atoms with Gasteiger partial charge in [0.05, 0.1) is 18.4 Å². The van der Waals surface area contributed by atoms with Gasteiger partial charge in [-0.05, 0) is 30.7 Å². The maximum absolute atomic E-state index is 6.19. The quantitative estimate of drug-likeness (QED) is 0.403. The van der Waals surface area contributed by atoms with E-state index in [1.54, 1.807) is 4.68 Å². The zero-order valence-corrected chi connectivity index (χ0v) is 19.4. The molecule has 0 fully saturated rings. The fourth-order valence-corrected chi connectivity index (χ4v) is 3.74. The van der Waals surface area contributed by atoms with Gasteiger partial charge in [-0.15, -0.1) is 0 Å². The van der Waals surface area contributed by atoms with Crippen molar-refractivity contribution in [1.82, 2.24) is 20.1 Å². The molecule has 170 valence electrons. The Labute approximate surface area is 199 Å². The Hall–Kier alpha value is -3.35. The summed E-state index contributed by atoms with van der Waals surface area (Å²) in [4.78, 5) is 4.48.